The monoisotopic (exact) mass is 328 g/mol. The van der Waals surface area contributed by atoms with Crippen molar-refractivity contribution in [3.63, 3.8) is 0 Å². The van der Waals surface area contributed by atoms with Gasteiger partial charge in [0.15, 0.2) is 0 Å². The van der Waals surface area contributed by atoms with Crippen molar-refractivity contribution in [2.45, 2.75) is 18.5 Å². The minimum atomic E-state index is -0.600. The molecule has 6 N–H and O–H groups in total. The fourth-order valence-corrected chi connectivity index (χ4v) is 2.45. The second-order valence-corrected chi connectivity index (χ2v) is 5.85. The quantitative estimate of drug-likeness (QED) is 0.544. The minimum absolute atomic E-state index is 0.149. The van der Waals surface area contributed by atoms with Crippen LogP contribution >= 0.6 is 0 Å². The number of rotatable bonds is 5. The maximum absolute atomic E-state index is 12.0. The zero-order valence-corrected chi connectivity index (χ0v) is 13.1. The number of nitrogens with zero attached hydrogens (tertiary/aromatic N) is 2. The summed E-state index contributed by atoms with van der Waals surface area (Å²) >= 11 is 0. The molecule has 3 rings (SSSR count). The van der Waals surface area contributed by atoms with Crippen molar-refractivity contribution in [1.29, 1.82) is 0 Å². The van der Waals surface area contributed by atoms with E-state index in [1.54, 1.807) is 24.4 Å². The molecule has 0 saturated carbocycles. The number of carbonyl (C=O) groups excluding carboxylic acids is 1. The fourth-order valence-electron chi connectivity index (χ4n) is 2.45. The average molecular weight is 328 g/mol. The molecule has 2 heterocycles. The van der Waals surface area contributed by atoms with E-state index in [1.807, 2.05) is 12.1 Å². The summed E-state index contributed by atoms with van der Waals surface area (Å²) in [6.07, 6.45) is 2.01. The predicted octanol–water partition coefficient (Wildman–Crippen LogP) is -1.23. The topological polar surface area (TPSA) is 128 Å². The normalized spacial score (nSPS) is 15.5. The van der Waals surface area contributed by atoms with Gasteiger partial charge in [-0.15, -0.1) is 0 Å². The van der Waals surface area contributed by atoms with Gasteiger partial charge in [-0.05, 0) is 30.2 Å². The molecule has 1 amide bonds. The second-order valence-electron chi connectivity index (χ2n) is 5.85. The molecule has 8 heteroatoms. The summed E-state index contributed by atoms with van der Waals surface area (Å²) in [5.74, 6) is 0.0380. The van der Waals surface area contributed by atoms with Crippen molar-refractivity contribution in [2.75, 3.05) is 18.8 Å². The molecular weight excluding hydrogens is 308 g/mol. The lowest BCUT2D eigenvalue weighted by atomic mass is 10.0. The van der Waals surface area contributed by atoms with Crippen LogP contribution in [0.3, 0.4) is 0 Å². The van der Waals surface area contributed by atoms with E-state index >= 15 is 0 Å². The van der Waals surface area contributed by atoms with Crippen LogP contribution in [-0.2, 0) is 11.2 Å². The Bertz CT molecular complexity index is 782. The molecule has 1 atom stereocenters. The van der Waals surface area contributed by atoms with E-state index < -0.39 is 11.7 Å². The van der Waals surface area contributed by atoms with Crippen LogP contribution in [0.25, 0.3) is 5.69 Å². The molecule has 0 spiro atoms. The fraction of sp³-hybridized carbons (Fsp3) is 0.312. The van der Waals surface area contributed by atoms with E-state index in [1.165, 1.54) is 4.57 Å². The first-order chi connectivity index (χ1) is 11.5. The van der Waals surface area contributed by atoms with Crippen LogP contribution in [0.15, 0.2) is 41.3 Å². The molecule has 0 aliphatic carbocycles. The highest BCUT2D eigenvalue weighted by Gasteiger charge is 2.22. The summed E-state index contributed by atoms with van der Waals surface area (Å²) in [5.41, 5.74) is 12.6. The lowest BCUT2D eigenvalue weighted by Crippen LogP contribution is -2.59. The molecule has 0 bridgehead atoms. The Hall–Kier alpha value is -2.71. The average Bonchev–Trinajstić information content (AvgIpc) is 2.51. The van der Waals surface area contributed by atoms with E-state index in [4.69, 9.17) is 11.5 Å². The maximum atomic E-state index is 12.0. The Morgan fingerprint density at radius 3 is 2.62 bits per heavy atom. The van der Waals surface area contributed by atoms with Crippen LogP contribution in [0, 0.1) is 0 Å². The van der Waals surface area contributed by atoms with Gasteiger partial charge in [0.2, 0.25) is 5.91 Å². The Morgan fingerprint density at radius 2 is 2.04 bits per heavy atom. The number of nitrogens with two attached hydrogens (primary N) is 2. The highest BCUT2D eigenvalue weighted by molar-refractivity contribution is 5.82. The van der Waals surface area contributed by atoms with E-state index in [2.05, 4.69) is 15.6 Å². The molecular formula is C16H20N6O2. The SMILES string of the molecule is Nc1ccn(-c2ccc(C[C@H](N)C(=O)NC3CNC3)cc2)c(=O)n1. The second kappa shape index (κ2) is 6.81. The number of hydrogen-bond donors (Lipinski definition) is 4. The van der Waals surface area contributed by atoms with E-state index in [-0.39, 0.29) is 17.8 Å². The van der Waals surface area contributed by atoms with E-state index in [0.29, 0.717) is 12.1 Å². The Labute approximate surface area is 138 Å². The van der Waals surface area contributed by atoms with Gasteiger partial charge in [-0.2, -0.15) is 4.98 Å². The standard InChI is InChI=1S/C16H20N6O2/c17-13(15(23)20-11-8-19-9-11)7-10-1-3-12(4-2-10)22-6-5-14(18)21-16(22)24/h1-6,11,13,19H,7-9,17H2,(H,20,23)(H2,18,21,24)/t13-/m0/s1. The summed E-state index contributed by atoms with van der Waals surface area (Å²) in [7, 11) is 0. The molecule has 1 fully saturated rings. The van der Waals surface area contributed by atoms with Gasteiger partial charge in [0.25, 0.3) is 0 Å². The Morgan fingerprint density at radius 1 is 1.33 bits per heavy atom. The summed E-state index contributed by atoms with van der Waals surface area (Å²) in [6.45, 7) is 1.58. The van der Waals surface area contributed by atoms with Gasteiger partial charge in [0.05, 0.1) is 17.8 Å². The summed E-state index contributed by atoms with van der Waals surface area (Å²) in [5, 5.41) is 5.98. The third-order valence-electron chi connectivity index (χ3n) is 3.96. The molecule has 0 unspecified atom stereocenters. The molecule has 0 radical (unpaired) electrons. The van der Waals surface area contributed by atoms with Crippen LogP contribution in [-0.4, -0.2) is 40.6 Å². The molecule has 1 aromatic heterocycles. The first-order valence-electron chi connectivity index (χ1n) is 7.74. The van der Waals surface area contributed by atoms with Gasteiger partial charge in [-0.1, -0.05) is 12.1 Å². The van der Waals surface area contributed by atoms with Gasteiger partial charge < -0.3 is 22.1 Å². The largest absolute Gasteiger partial charge is 0.383 e. The van der Waals surface area contributed by atoms with Gasteiger partial charge in [0.1, 0.15) is 5.82 Å². The van der Waals surface area contributed by atoms with Gasteiger partial charge in [-0.25, -0.2) is 4.79 Å². The number of hydrogen-bond acceptors (Lipinski definition) is 6. The van der Waals surface area contributed by atoms with E-state index in [9.17, 15) is 9.59 Å². The van der Waals surface area contributed by atoms with Crippen LogP contribution in [0.2, 0.25) is 0 Å². The van der Waals surface area contributed by atoms with Crippen molar-refractivity contribution < 1.29 is 4.79 Å². The maximum Gasteiger partial charge on any atom is 0.354 e. The molecule has 126 valence electrons. The predicted molar refractivity (Wildman–Crippen MR) is 90.7 cm³/mol. The van der Waals surface area contributed by atoms with Crippen LogP contribution in [0.1, 0.15) is 5.56 Å². The molecule has 24 heavy (non-hydrogen) atoms. The van der Waals surface area contributed by atoms with Gasteiger partial charge >= 0.3 is 5.69 Å². The van der Waals surface area contributed by atoms with Crippen LogP contribution < -0.4 is 27.8 Å². The summed E-state index contributed by atoms with van der Waals surface area (Å²) in [6, 6.07) is 8.40. The van der Waals surface area contributed by atoms with Crippen molar-refractivity contribution in [3.05, 3.63) is 52.6 Å². The third-order valence-corrected chi connectivity index (χ3v) is 3.96. The smallest absolute Gasteiger partial charge is 0.354 e. The van der Waals surface area contributed by atoms with Gasteiger partial charge in [0, 0.05) is 19.3 Å². The minimum Gasteiger partial charge on any atom is -0.383 e. The third kappa shape index (κ3) is 3.61. The summed E-state index contributed by atoms with van der Waals surface area (Å²) in [4.78, 5) is 27.5. The first-order valence-corrected chi connectivity index (χ1v) is 7.74. The number of aromatic nitrogens is 2. The number of carbonyl (C=O) groups is 1. The highest BCUT2D eigenvalue weighted by Crippen LogP contribution is 2.10. The van der Waals surface area contributed by atoms with Crippen LogP contribution in [0.5, 0.6) is 0 Å². The number of benzene rings is 1. The van der Waals surface area contributed by atoms with Crippen molar-refractivity contribution in [3.8, 4) is 5.69 Å². The molecule has 1 aliphatic rings. The van der Waals surface area contributed by atoms with Gasteiger partial charge in [-0.3, -0.25) is 9.36 Å². The lowest BCUT2D eigenvalue weighted by molar-refractivity contribution is -0.123. The zero-order valence-electron chi connectivity index (χ0n) is 13.1. The molecule has 1 aromatic carbocycles. The Balaban J connectivity index is 1.65. The first kappa shape index (κ1) is 16.2. The Kier molecular flexibility index (Phi) is 4.59. The summed E-state index contributed by atoms with van der Waals surface area (Å²) < 4.78 is 1.40. The number of nitrogens with one attached hydrogen (secondary N) is 2. The van der Waals surface area contributed by atoms with E-state index in [0.717, 1.165) is 18.7 Å². The zero-order chi connectivity index (χ0) is 17.1. The number of amides is 1. The van der Waals surface area contributed by atoms with Crippen LogP contribution in [0.4, 0.5) is 5.82 Å². The highest BCUT2D eigenvalue weighted by atomic mass is 16.2. The lowest BCUT2D eigenvalue weighted by Gasteiger charge is -2.29. The molecule has 1 saturated heterocycles. The van der Waals surface area contributed by atoms with Crippen molar-refractivity contribution >= 4 is 11.7 Å². The molecule has 1 aliphatic heterocycles. The van der Waals surface area contributed by atoms with Crippen molar-refractivity contribution in [2.24, 2.45) is 5.73 Å². The molecule has 2 aromatic rings. The number of nitrogen functional groups attached to an aromatic ring is 1. The van der Waals surface area contributed by atoms with Crippen molar-refractivity contribution in [1.82, 2.24) is 20.2 Å². The molecule has 8 nitrogen and oxygen atoms in total. The number of anilines is 1.